The average molecular weight is 299 g/mol. The number of aliphatic hydroxyl groups is 1. The van der Waals surface area contributed by atoms with Crippen LogP contribution in [-0.4, -0.2) is 28.8 Å². The number of rotatable bonds is 4. The smallest absolute Gasteiger partial charge is 0.186 e. The standard InChI is InChI=1S/C16H17N3OS/c1-2-12-9-18-16(21-12)19-13(8-17)15(14(19)10-20)11-6-4-3-5-7-11/h3-7,9,13-15,20H,2,10H2,1H3/t13-,14+,15+/m0/s1. The highest BCUT2D eigenvalue weighted by molar-refractivity contribution is 7.15. The van der Waals surface area contributed by atoms with Crippen molar-refractivity contribution in [2.75, 3.05) is 11.5 Å². The number of thiazole rings is 1. The summed E-state index contributed by atoms with van der Waals surface area (Å²) in [4.78, 5) is 7.57. The van der Waals surface area contributed by atoms with E-state index in [-0.39, 0.29) is 24.6 Å². The number of aryl methyl sites for hydroxylation is 1. The second kappa shape index (κ2) is 5.84. The van der Waals surface area contributed by atoms with Gasteiger partial charge in [0.25, 0.3) is 0 Å². The van der Waals surface area contributed by atoms with E-state index in [1.165, 1.54) is 4.88 Å². The summed E-state index contributed by atoms with van der Waals surface area (Å²) in [6.07, 6.45) is 2.80. The van der Waals surface area contributed by atoms with Crippen molar-refractivity contribution >= 4 is 16.5 Å². The number of benzene rings is 1. The number of hydrogen-bond donors (Lipinski definition) is 1. The molecular weight excluding hydrogens is 282 g/mol. The first-order valence-corrected chi connectivity index (χ1v) is 7.90. The summed E-state index contributed by atoms with van der Waals surface area (Å²) in [6.45, 7) is 2.12. The highest BCUT2D eigenvalue weighted by atomic mass is 32.1. The zero-order valence-electron chi connectivity index (χ0n) is 11.8. The lowest BCUT2D eigenvalue weighted by Gasteiger charge is -2.51. The third kappa shape index (κ3) is 2.31. The zero-order chi connectivity index (χ0) is 14.8. The molecule has 0 spiro atoms. The highest BCUT2D eigenvalue weighted by Crippen LogP contribution is 2.44. The number of aliphatic hydroxyl groups excluding tert-OH is 1. The van der Waals surface area contributed by atoms with Crippen LogP contribution in [0, 0.1) is 11.3 Å². The van der Waals surface area contributed by atoms with Crippen LogP contribution in [0.4, 0.5) is 5.13 Å². The first-order chi connectivity index (χ1) is 10.3. The van der Waals surface area contributed by atoms with Crippen LogP contribution in [0.15, 0.2) is 36.5 Å². The molecule has 2 heterocycles. The molecule has 21 heavy (non-hydrogen) atoms. The Labute approximate surface area is 128 Å². The maximum Gasteiger partial charge on any atom is 0.186 e. The number of aromatic nitrogens is 1. The van der Waals surface area contributed by atoms with Crippen molar-refractivity contribution in [1.29, 1.82) is 5.26 Å². The van der Waals surface area contributed by atoms with Gasteiger partial charge in [0.15, 0.2) is 5.13 Å². The van der Waals surface area contributed by atoms with Gasteiger partial charge in [-0.2, -0.15) is 5.26 Å². The topological polar surface area (TPSA) is 60.1 Å². The molecule has 3 atom stereocenters. The van der Waals surface area contributed by atoms with Gasteiger partial charge in [0.2, 0.25) is 0 Å². The molecule has 108 valence electrons. The van der Waals surface area contributed by atoms with E-state index in [1.807, 2.05) is 41.4 Å². The molecule has 1 aliphatic rings. The van der Waals surface area contributed by atoms with Gasteiger partial charge in [0.05, 0.1) is 18.7 Å². The minimum absolute atomic E-state index is 0.0266. The molecule has 0 radical (unpaired) electrons. The van der Waals surface area contributed by atoms with Crippen molar-refractivity contribution in [2.24, 2.45) is 0 Å². The molecule has 0 saturated carbocycles. The van der Waals surface area contributed by atoms with Gasteiger partial charge in [-0.1, -0.05) is 37.3 Å². The average Bonchev–Trinajstić information content (AvgIpc) is 2.96. The van der Waals surface area contributed by atoms with Gasteiger partial charge in [-0.05, 0) is 12.0 Å². The number of nitrogens with zero attached hydrogens (tertiary/aromatic N) is 3. The largest absolute Gasteiger partial charge is 0.394 e. The second-order valence-electron chi connectivity index (χ2n) is 5.13. The second-order valence-corrected chi connectivity index (χ2v) is 6.22. The van der Waals surface area contributed by atoms with Crippen molar-refractivity contribution in [1.82, 2.24) is 4.98 Å². The van der Waals surface area contributed by atoms with Crippen molar-refractivity contribution in [2.45, 2.75) is 31.3 Å². The molecule has 0 unspecified atom stereocenters. The Kier molecular flexibility index (Phi) is 3.91. The van der Waals surface area contributed by atoms with Crippen LogP contribution >= 0.6 is 11.3 Å². The molecule has 0 bridgehead atoms. The van der Waals surface area contributed by atoms with Crippen LogP contribution in [0.1, 0.15) is 23.3 Å². The van der Waals surface area contributed by atoms with Crippen LogP contribution < -0.4 is 4.90 Å². The fourth-order valence-electron chi connectivity index (χ4n) is 2.93. The monoisotopic (exact) mass is 299 g/mol. The Bertz CT molecular complexity index is 649. The third-order valence-electron chi connectivity index (χ3n) is 4.03. The third-order valence-corrected chi connectivity index (χ3v) is 5.18. The van der Waals surface area contributed by atoms with Crippen LogP contribution in [0.3, 0.4) is 0 Å². The molecule has 1 saturated heterocycles. The molecule has 0 aliphatic carbocycles. The maximum atomic E-state index is 9.75. The Morgan fingerprint density at radius 3 is 2.71 bits per heavy atom. The molecule has 0 amide bonds. The van der Waals surface area contributed by atoms with Crippen LogP contribution in [0.5, 0.6) is 0 Å². The van der Waals surface area contributed by atoms with Crippen molar-refractivity contribution < 1.29 is 5.11 Å². The summed E-state index contributed by atoms with van der Waals surface area (Å²) in [7, 11) is 0. The molecule has 3 rings (SSSR count). The summed E-state index contributed by atoms with van der Waals surface area (Å²) in [5.74, 6) is 0.0372. The molecule has 1 N–H and O–H groups in total. The van der Waals surface area contributed by atoms with E-state index in [2.05, 4.69) is 18.0 Å². The Balaban J connectivity index is 1.91. The first kappa shape index (κ1) is 14.1. The molecule has 2 aromatic rings. The van der Waals surface area contributed by atoms with Crippen LogP contribution in [0.25, 0.3) is 0 Å². The van der Waals surface area contributed by atoms with E-state index in [0.29, 0.717) is 0 Å². The molecule has 1 aromatic carbocycles. The fourth-order valence-corrected chi connectivity index (χ4v) is 3.87. The summed E-state index contributed by atoms with van der Waals surface area (Å²) in [6, 6.07) is 12.0. The normalized spacial score (nSPS) is 24.4. The number of hydrogen-bond acceptors (Lipinski definition) is 5. The highest BCUT2D eigenvalue weighted by Gasteiger charge is 2.50. The molecule has 5 heteroatoms. The van der Waals surface area contributed by atoms with E-state index < -0.39 is 0 Å². The van der Waals surface area contributed by atoms with Crippen molar-refractivity contribution in [3.8, 4) is 6.07 Å². The number of anilines is 1. The SMILES string of the molecule is CCc1cnc(N2[C@H](CO)[C@H](c3ccccc3)[C@@H]2C#N)s1. The van der Waals surface area contributed by atoms with E-state index in [0.717, 1.165) is 17.1 Å². The Morgan fingerprint density at radius 2 is 2.14 bits per heavy atom. The molecule has 1 aliphatic heterocycles. The maximum absolute atomic E-state index is 9.75. The minimum atomic E-state index is -0.264. The van der Waals surface area contributed by atoms with Gasteiger partial charge >= 0.3 is 0 Å². The lowest BCUT2D eigenvalue weighted by atomic mass is 9.76. The summed E-state index contributed by atoms with van der Waals surface area (Å²) >= 11 is 1.60. The lowest BCUT2D eigenvalue weighted by molar-refractivity contribution is 0.187. The minimum Gasteiger partial charge on any atom is -0.394 e. The fraction of sp³-hybridized carbons (Fsp3) is 0.375. The summed E-state index contributed by atoms with van der Waals surface area (Å²) < 4.78 is 0. The van der Waals surface area contributed by atoms with Crippen LogP contribution in [-0.2, 0) is 6.42 Å². The summed E-state index contributed by atoms with van der Waals surface area (Å²) in [5, 5.41) is 20.1. The predicted molar refractivity (Wildman–Crippen MR) is 83.4 cm³/mol. The number of nitriles is 1. The van der Waals surface area contributed by atoms with Gasteiger partial charge in [-0.25, -0.2) is 4.98 Å². The van der Waals surface area contributed by atoms with E-state index in [1.54, 1.807) is 11.3 Å². The first-order valence-electron chi connectivity index (χ1n) is 7.08. The van der Waals surface area contributed by atoms with E-state index >= 15 is 0 Å². The van der Waals surface area contributed by atoms with Gasteiger partial charge in [0.1, 0.15) is 6.04 Å². The molecule has 4 nitrogen and oxygen atoms in total. The molecule has 1 fully saturated rings. The quantitative estimate of drug-likeness (QED) is 0.942. The Morgan fingerprint density at radius 1 is 1.38 bits per heavy atom. The summed E-state index contributed by atoms with van der Waals surface area (Å²) in [5.41, 5.74) is 1.10. The molecular formula is C16H17N3OS. The van der Waals surface area contributed by atoms with E-state index in [4.69, 9.17) is 0 Å². The lowest BCUT2D eigenvalue weighted by Crippen LogP contribution is -2.63. The Hall–Kier alpha value is -1.90. The van der Waals surface area contributed by atoms with Gasteiger partial charge in [-0.3, -0.25) is 0 Å². The van der Waals surface area contributed by atoms with Crippen molar-refractivity contribution in [3.05, 3.63) is 47.0 Å². The van der Waals surface area contributed by atoms with Gasteiger partial charge in [-0.15, -0.1) is 11.3 Å². The van der Waals surface area contributed by atoms with E-state index in [9.17, 15) is 10.4 Å². The molecule has 1 aromatic heterocycles. The zero-order valence-corrected chi connectivity index (χ0v) is 12.6. The van der Waals surface area contributed by atoms with Gasteiger partial charge in [0, 0.05) is 17.0 Å². The van der Waals surface area contributed by atoms with Crippen molar-refractivity contribution in [3.63, 3.8) is 0 Å². The van der Waals surface area contributed by atoms with Crippen LogP contribution in [0.2, 0.25) is 0 Å². The predicted octanol–water partition coefficient (Wildman–Crippen LogP) is 2.56. The van der Waals surface area contributed by atoms with Gasteiger partial charge < -0.3 is 10.0 Å².